The van der Waals surface area contributed by atoms with E-state index in [1.54, 1.807) is 32.4 Å². The van der Waals surface area contributed by atoms with Crippen LogP contribution in [0.1, 0.15) is 0 Å². The van der Waals surface area contributed by atoms with Crippen molar-refractivity contribution < 1.29 is 23.8 Å². The maximum Gasteiger partial charge on any atom is 0.313 e. The fourth-order valence-electron chi connectivity index (χ4n) is 3.51. The zero-order chi connectivity index (χ0) is 22.9. The highest BCUT2D eigenvalue weighted by Crippen LogP contribution is 2.28. The molecule has 0 unspecified atom stereocenters. The van der Waals surface area contributed by atoms with Gasteiger partial charge in [0.15, 0.2) is 0 Å². The van der Waals surface area contributed by atoms with Crippen LogP contribution >= 0.6 is 0 Å². The maximum atomic E-state index is 12.2. The number of anilines is 2. The van der Waals surface area contributed by atoms with Gasteiger partial charge in [-0.3, -0.25) is 14.5 Å². The van der Waals surface area contributed by atoms with Crippen LogP contribution in [0.2, 0.25) is 0 Å². The molecular weight excluding hydrogens is 412 g/mol. The topological polar surface area (TPSA) is 92.4 Å². The van der Waals surface area contributed by atoms with Crippen molar-refractivity contribution in [1.82, 2.24) is 10.2 Å². The van der Waals surface area contributed by atoms with E-state index in [2.05, 4.69) is 32.6 Å². The number of hydrogen-bond acceptors (Lipinski definition) is 7. The quantitative estimate of drug-likeness (QED) is 0.600. The van der Waals surface area contributed by atoms with Gasteiger partial charge in [-0.05, 0) is 36.4 Å². The van der Waals surface area contributed by atoms with Crippen molar-refractivity contribution in [2.75, 3.05) is 70.8 Å². The first-order chi connectivity index (χ1) is 15.5. The van der Waals surface area contributed by atoms with Crippen molar-refractivity contribution in [2.45, 2.75) is 0 Å². The smallest absolute Gasteiger partial charge is 0.313 e. The SMILES string of the molecule is COc1ccc(N2CCN(CCNC(=O)C(=O)Nc3ccc(OC)cc3OC)CC2)cc1. The molecule has 2 aromatic carbocycles. The lowest BCUT2D eigenvalue weighted by Crippen LogP contribution is -2.49. The largest absolute Gasteiger partial charge is 0.497 e. The Balaban J connectivity index is 1.40. The highest BCUT2D eigenvalue weighted by atomic mass is 16.5. The monoisotopic (exact) mass is 442 g/mol. The van der Waals surface area contributed by atoms with Crippen LogP contribution in [-0.4, -0.2) is 77.3 Å². The molecule has 2 amide bonds. The molecule has 0 saturated carbocycles. The van der Waals surface area contributed by atoms with Crippen LogP contribution in [0.3, 0.4) is 0 Å². The van der Waals surface area contributed by atoms with Crippen LogP contribution < -0.4 is 29.7 Å². The standard InChI is InChI=1S/C23H30N4O5/c1-30-18-6-4-17(5-7-18)27-14-12-26(13-15-27)11-10-24-22(28)23(29)25-20-9-8-19(31-2)16-21(20)32-3/h4-9,16H,10-15H2,1-3H3,(H,24,28)(H,25,29). The predicted octanol–water partition coefficient (Wildman–Crippen LogP) is 1.59. The first kappa shape index (κ1) is 23.2. The molecule has 1 aliphatic heterocycles. The summed E-state index contributed by atoms with van der Waals surface area (Å²) < 4.78 is 15.6. The van der Waals surface area contributed by atoms with Gasteiger partial charge in [0.25, 0.3) is 0 Å². The molecule has 9 nitrogen and oxygen atoms in total. The van der Waals surface area contributed by atoms with Crippen molar-refractivity contribution in [3.8, 4) is 17.2 Å². The molecule has 32 heavy (non-hydrogen) atoms. The van der Waals surface area contributed by atoms with Gasteiger partial charge in [-0.2, -0.15) is 0 Å². The Kier molecular flexibility index (Phi) is 8.15. The van der Waals surface area contributed by atoms with Crippen LogP contribution in [0.15, 0.2) is 42.5 Å². The summed E-state index contributed by atoms with van der Waals surface area (Å²) in [5.41, 5.74) is 1.58. The molecular formula is C23H30N4O5. The summed E-state index contributed by atoms with van der Waals surface area (Å²) in [6.45, 7) is 4.65. The predicted molar refractivity (Wildman–Crippen MR) is 123 cm³/mol. The second kappa shape index (κ2) is 11.2. The number of nitrogens with one attached hydrogen (secondary N) is 2. The van der Waals surface area contributed by atoms with E-state index < -0.39 is 11.8 Å². The van der Waals surface area contributed by atoms with E-state index in [-0.39, 0.29) is 0 Å². The van der Waals surface area contributed by atoms with Crippen LogP contribution in [0.5, 0.6) is 17.2 Å². The third-order valence-corrected chi connectivity index (χ3v) is 5.39. The molecule has 0 aromatic heterocycles. The second-order valence-electron chi connectivity index (χ2n) is 7.30. The Morgan fingerprint density at radius 1 is 0.844 bits per heavy atom. The normalized spacial score (nSPS) is 13.9. The molecule has 0 aliphatic carbocycles. The summed E-state index contributed by atoms with van der Waals surface area (Å²) in [5.74, 6) is 0.437. The molecule has 172 valence electrons. The average molecular weight is 443 g/mol. The fraction of sp³-hybridized carbons (Fsp3) is 0.391. The number of benzene rings is 2. The number of ether oxygens (including phenoxy) is 3. The van der Waals surface area contributed by atoms with Crippen LogP contribution in [0, 0.1) is 0 Å². The first-order valence-corrected chi connectivity index (χ1v) is 10.5. The van der Waals surface area contributed by atoms with Gasteiger partial charge in [0.1, 0.15) is 17.2 Å². The Hall–Kier alpha value is -3.46. The Labute approximate surface area is 188 Å². The second-order valence-corrected chi connectivity index (χ2v) is 7.30. The van der Waals surface area contributed by atoms with E-state index >= 15 is 0 Å². The molecule has 0 radical (unpaired) electrons. The maximum absolute atomic E-state index is 12.2. The number of rotatable bonds is 8. The number of nitrogens with zero attached hydrogens (tertiary/aromatic N) is 2. The Morgan fingerprint density at radius 3 is 2.12 bits per heavy atom. The number of piperazine rings is 1. The van der Waals surface area contributed by atoms with Crippen molar-refractivity contribution in [3.63, 3.8) is 0 Å². The summed E-state index contributed by atoms with van der Waals surface area (Å²) in [7, 11) is 4.68. The molecule has 0 atom stereocenters. The first-order valence-electron chi connectivity index (χ1n) is 10.5. The van der Waals surface area contributed by atoms with Gasteiger partial charge in [-0.25, -0.2) is 0 Å². The summed E-state index contributed by atoms with van der Waals surface area (Å²) in [4.78, 5) is 29.0. The minimum absolute atomic E-state index is 0.397. The molecule has 0 bridgehead atoms. The highest BCUT2D eigenvalue weighted by Gasteiger charge is 2.19. The van der Waals surface area contributed by atoms with E-state index in [9.17, 15) is 9.59 Å². The van der Waals surface area contributed by atoms with E-state index in [4.69, 9.17) is 14.2 Å². The van der Waals surface area contributed by atoms with Gasteiger partial charge in [0.05, 0.1) is 27.0 Å². The summed E-state index contributed by atoms with van der Waals surface area (Å²) in [6, 6.07) is 13.0. The van der Waals surface area contributed by atoms with Gasteiger partial charge in [-0.1, -0.05) is 0 Å². The number of methoxy groups -OCH3 is 3. The molecule has 2 N–H and O–H groups in total. The van der Waals surface area contributed by atoms with Crippen molar-refractivity contribution in [3.05, 3.63) is 42.5 Å². The molecule has 3 rings (SSSR count). The zero-order valence-corrected chi connectivity index (χ0v) is 18.7. The summed E-state index contributed by atoms with van der Waals surface area (Å²) in [6.07, 6.45) is 0. The lowest BCUT2D eigenvalue weighted by atomic mass is 10.2. The minimum atomic E-state index is -0.738. The number of hydrogen-bond donors (Lipinski definition) is 2. The molecule has 1 aliphatic rings. The lowest BCUT2D eigenvalue weighted by molar-refractivity contribution is -0.136. The van der Waals surface area contributed by atoms with Crippen LogP contribution in [0.25, 0.3) is 0 Å². The molecule has 1 heterocycles. The van der Waals surface area contributed by atoms with Gasteiger partial charge in [0, 0.05) is 51.0 Å². The van der Waals surface area contributed by atoms with E-state index in [1.165, 1.54) is 12.8 Å². The Morgan fingerprint density at radius 2 is 1.50 bits per heavy atom. The number of amides is 2. The average Bonchev–Trinajstić information content (AvgIpc) is 2.84. The molecule has 2 aromatic rings. The van der Waals surface area contributed by atoms with Gasteiger partial charge < -0.3 is 29.7 Å². The third-order valence-electron chi connectivity index (χ3n) is 5.39. The van der Waals surface area contributed by atoms with E-state index in [0.29, 0.717) is 30.3 Å². The minimum Gasteiger partial charge on any atom is -0.497 e. The van der Waals surface area contributed by atoms with Gasteiger partial charge in [0.2, 0.25) is 0 Å². The van der Waals surface area contributed by atoms with E-state index in [0.717, 1.165) is 31.9 Å². The lowest BCUT2D eigenvalue weighted by Gasteiger charge is -2.36. The van der Waals surface area contributed by atoms with Crippen LogP contribution in [-0.2, 0) is 9.59 Å². The summed E-state index contributed by atoms with van der Waals surface area (Å²) >= 11 is 0. The highest BCUT2D eigenvalue weighted by molar-refractivity contribution is 6.39. The van der Waals surface area contributed by atoms with Gasteiger partial charge in [-0.15, -0.1) is 0 Å². The molecule has 1 saturated heterocycles. The van der Waals surface area contributed by atoms with Crippen molar-refractivity contribution in [2.24, 2.45) is 0 Å². The zero-order valence-electron chi connectivity index (χ0n) is 18.7. The third kappa shape index (κ3) is 6.04. The number of carbonyl (C=O) groups is 2. The number of carbonyl (C=O) groups excluding carboxylic acids is 2. The van der Waals surface area contributed by atoms with Crippen molar-refractivity contribution in [1.29, 1.82) is 0 Å². The van der Waals surface area contributed by atoms with Crippen molar-refractivity contribution >= 4 is 23.2 Å². The molecule has 0 spiro atoms. The molecule has 1 fully saturated rings. The van der Waals surface area contributed by atoms with Gasteiger partial charge >= 0.3 is 11.8 Å². The van der Waals surface area contributed by atoms with E-state index in [1.807, 2.05) is 12.1 Å². The fourth-order valence-corrected chi connectivity index (χ4v) is 3.51. The summed E-state index contributed by atoms with van der Waals surface area (Å²) in [5, 5.41) is 5.25. The van der Waals surface area contributed by atoms with Crippen LogP contribution in [0.4, 0.5) is 11.4 Å². The Bertz CT molecular complexity index is 911. The molecule has 9 heteroatoms.